The lowest BCUT2D eigenvalue weighted by molar-refractivity contribution is 0.138. The average Bonchev–Trinajstić information content (AvgIpc) is 2.72. The van der Waals surface area contributed by atoms with E-state index in [1.807, 2.05) is 13.0 Å². The van der Waals surface area contributed by atoms with Crippen molar-refractivity contribution >= 4 is 0 Å². The van der Waals surface area contributed by atoms with E-state index < -0.39 is 0 Å². The Kier molecular flexibility index (Phi) is 3.64. The summed E-state index contributed by atoms with van der Waals surface area (Å²) in [7, 11) is 0. The van der Waals surface area contributed by atoms with Gasteiger partial charge in [0.05, 0.1) is 5.69 Å². The molecule has 4 heteroatoms. The van der Waals surface area contributed by atoms with Gasteiger partial charge in [0.25, 0.3) is 0 Å². The third-order valence-electron chi connectivity index (χ3n) is 3.60. The van der Waals surface area contributed by atoms with E-state index in [0.29, 0.717) is 0 Å². The zero-order chi connectivity index (χ0) is 14.9. The molecule has 1 N–H and O–H groups in total. The Hall–Kier alpha value is -1.94. The van der Waals surface area contributed by atoms with Crippen LogP contribution < -0.4 is 10.1 Å². The van der Waals surface area contributed by atoms with Gasteiger partial charge in [0.1, 0.15) is 17.2 Å². The molecule has 1 aliphatic heterocycles. The summed E-state index contributed by atoms with van der Waals surface area (Å²) in [5, 5.41) is 3.43. The van der Waals surface area contributed by atoms with Crippen molar-refractivity contribution in [2.24, 2.45) is 0 Å². The van der Waals surface area contributed by atoms with Crippen molar-refractivity contribution in [3.63, 3.8) is 0 Å². The Balaban J connectivity index is 1.60. The topological polar surface area (TPSA) is 47.0 Å². The molecule has 2 heterocycles. The van der Waals surface area contributed by atoms with E-state index in [9.17, 15) is 0 Å². The summed E-state index contributed by atoms with van der Waals surface area (Å²) in [6.45, 7) is 7.75. The van der Waals surface area contributed by atoms with Crippen LogP contribution in [-0.4, -0.2) is 15.6 Å². The Morgan fingerprint density at radius 1 is 1.24 bits per heavy atom. The number of nitrogens with zero attached hydrogens (tertiary/aromatic N) is 2. The molecule has 0 atom stereocenters. The maximum absolute atomic E-state index is 5.90. The number of ether oxygens (including phenoxy) is 1. The molecule has 2 aromatic rings. The normalized spacial score (nSPS) is 15.6. The Morgan fingerprint density at radius 3 is 2.90 bits per heavy atom. The Labute approximate surface area is 125 Å². The van der Waals surface area contributed by atoms with Gasteiger partial charge in [0.2, 0.25) is 0 Å². The van der Waals surface area contributed by atoms with Gasteiger partial charge in [-0.15, -0.1) is 0 Å². The van der Waals surface area contributed by atoms with Crippen molar-refractivity contribution < 1.29 is 4.74 Å². The molecule has 1 aromatic carbocycles. The van der Waals surface area contributed by atoms with Crippen molar-refractivity contribution in [1.82, 2.24) is 15.3 Å². The fourth-order valence-electron chi connectivity index (χ4n) is 2.71. The molecule has 1 aliphatic rings. The Morgan fingerprint density at radius 2 is 2.10 bits per heavy atom. The second-order valence-corrected chi connectivity index (χ2v) is 6.18. The molecule has 0 saturated heterocycles. The molecule has 0 unspecified atom stereocenters. The first-order valence-electron chi connectivity index (χ1n) is 7.32. The highest BCUT2D eigenvalue weighted by Gasteiger charge is 2.29. The lowest BCUT2D eigenvalue weighted by atomic mass is 10.0. The van der Waals surface area contributed by atoms with E-state index in [4.69, 9.17) is 4.74 Å². The highest BCUT2D eigenvalue weighted by Crippen LogP contribution is 2.35. The quantitative estimate of drug-likeness (QED) is 0.937. The third kappa shape index (κ3) is 3.39. The minimum Gasteiger partial charge on any atom is -0.487 e. The molecular formula is C17H21N3O. The number of rotatable bonds is 4. The zero-order valence-electron chi connectivity index (χ0n) is 12.8. The summed E-state index contributed by atoms with van der Waals surface area (Å²) in [6, 6.07) is 8.38. The minimum atomic E-state index is -0.0765. The van der Waals surface area contributed by atoms with Crippen molar-refractivity contribution in [1.29, 1.82) is 0 Å². The molecule has 0 spiro atoms. The molecule has 110 valence electrons. The van der Waals surface area contributed by atoms with E-state index in [-0.39, 0.29) is 5.60 Å². The fourth-order valence-corrected chi connectivity index (χ4v) is 2.71. The van der Waals surface area contributed by atoms with Crippen LogP contribution in [0.1, 0.15) is 36.5 Å². The van der Waals surface area contributed by atoms with E-state index in [1.54, 1.807) is 6.20 Å². The van der Waals surface area contributed by atoms with E-state index in [1.165, 1.54) is 11.1 Å². The van der Waals surface area contributed by atoms with Crippen LogP contribution in [0.25, 0.3) is 0 Å². The van der Waals surface area contributed by atoms with Crippen LogP contribution in [-0.2, 0) is 19.5 Å². The van der Waals surface area contributed by atoms with Crippen LogP contribution in [0.4, 0.5) is 0 Å². The maximum Gasteiger partial charge on any atom is 0.125 e. The van der Waals surface area contributed by atoms with Gasteiger partial charge in [0, 0.05) is 25.7 Å². The molecule has 0 aliphatic carbocycles. The molecule has 0 saturated carbocycles. The maximum atomic E-state index is 5.90. The van der Waals surface area contributed by atoms with Gasteiger partial charge in [0.15, 0.2) is 0 Å². The Bertz CT molecular complexity index is 652. The second kappa shape index (κ2) is 5.45. The molecule has 3 rings (SSSR count). The van der Waals surface area contributed by atoms with Gasteiger partial charge in [-0.25, -0.2) is 9.97 Å². The summed E-state index contributed by atoms with van der Waals surface area (Å²) in [5.41, 5.74) is 3.53. The predicted molar refractivity (Wildman–Crippen MR) is 82.2 cm³/mol. The largest absolute Gasteiger partial charge is 0.487 e. The number of aromatic nitrogens is 2. The number of hydrogen-bond donors (Lipinski definition) is 1. The second-order valence-electron chi connectivity index (χ2n) is 6.18. The fraction of sp³-hybridized carbons (Fsp3) is 0.412. The number of nitrogens with one attached hydrogen (secondary N) is 1. The molecule has 4 nitrogen and oxygen atoms in total. The van der Waals surface area contributed by atoms with Crippen LogP contribution in [0, 0.1) is 6.92 Å². The van der Waals surface area contributed by atoms with Crippen molar-refractivity contribution in [2.45, 2.75) is 45.9 Å². The molecule has 21 heavy (non-hydrogen) atoms. The lowest BCUT2D eigenvalue weighted by Gasteiger charge is -2.16. The van der Waals surface area contributed by atoms with Crippen LogP contribution in [0.15, 0.2) is 30.5 Å². The SMILES string of the molecule is Cc1nccc(CNCc2ccc3c(c2)CC(C)(C)O3)n1. The number of fused-ring (bicyclic) bond motifs is 1. The number of benzene rings is 1. The summed E-state index contributed by atoms with van der Waals surface area (Å²) >= 11 is 0. The van der Waals surface area contributed by atoms with Gasteiger partial charge >= 0.3 is 0 Å². The molecule has 0 fully saturated rings. The highest BCUT2D eigenvalue weighted by atomic mass is 16.5. The van der Waals surface area contributed by atoms with Gasteiger partial charge in [-0.05, 0) is 44.0 Å². The summed E-state index contributed by atoms with van der Waals surface area (Å²) in [6.07, 6.45) is 2.77. The smallest absolute Gasteiger partial charge is 0.125 e. The molecule has 0 radical (unpaired) electrons. The monoisotopic (exact) mass is 283 g/mol. The zero-order valence-corrected chi connectivity index (χ0v) is 12.8. The average molecular weight is 283 g/mol. The molecular weight excluding hydrogens is 262 g/mol. The lowest BCUT2D eigenvalue weighted by Crippen LogP contribution is -2.24. The van der Waals surface area contributed by atoms with Gasteiger partial charge in [-0.3, -0.25) is 0 Å². The molecule has 0 amide bonds. The van der Waals surface area contributed by atoms with Gasteiger partial charge in [-0.2, -0.15) is 0 Å². The molecule has 0 bridgehead atoms. The summed E-state index contributed by atoms with van der Waals surface area (Å²) in [5.74, 6) is 1.83. The van der Waals surface area contributed by atoms with Crippen LogP contribution in [0.3, 0.4) is 0 Å². The summed E-state index contributed by atoms with van der Waals surface area (Å²) in [4.78, 5) is 8.49. The van der Waals surface area contributed by atoms with Crippen LogP contribution in [0.5, 0.6) is 5.75 Å². The summed E-state index contributed by atoms with van der Waals surface area (Å²) < 4.78 is 5.90. The first-order valence-corrected chi connectivity index (χ1v) is 7.32. The van der Waals surface area contributed by atoms with E-state index >= 15 is 0 Å². The van der Waals surface area contributed by atoms with E-state index in [0.717, 1.165) is 36.8 Å². The van der Waals surface area contributed by atoms with E-state index in [2.05, 4.69) is 47.3 Å². The predicted octanol–water partition coefficient (Wildman–Crippen LogP) is 2.79. The highest BCUT2D eigenvalue weighted by molar-refractivity contribution is 5.41. The first-order chi connectivity index (χ1) is 10.0. The van der Waals surface area contributed by atoms with Crippen LogP contribution >= 0.6 is 0 Å². The standard InChI is InChI=1S/C17H21N3O/c1-12-19-7-6-15(20-12)11-18-10-13-4-5-16-14(8-13)9-17(2,3)21-16/h4-8,18H,9-11H2,1-3H3. The van der Waals surface area contributed by atoms with Gasteiger partial charge in [-0.1, -0.05) is 12.1 Å². The molecule has 1 aromatic heterocycles. The van der Waals surface area contributed by atoms with Crippen molar-refractivity contribution in [3.05, 3.63) is 53.1 Å². The van der Waals surface area contributed by atoms with Gasteiger partial charge < -0.3 is 10.1 Å². The van der Waals surface area contributed by atoms with Crippen molar-refractivity contribution in [2.75, 3.05) is 0 Å². The third-order valence-corrected chi connectivity index (χ3v) is 3.60. The number of aryl methyl sites for hydroxylation is 1. The minimum absolute atomic E-state index is 0.0765. The van der Waals surface area contributed by atoms with Crippen molar-refractivity contribution in [3.8, 4) is 5.75 Å². The number of hydrogen-bond acceptors (Lipinski definition) is 4. The van der Waals surface area contributed by atoms with Crippen LogP contribution in [0.2, 0.25) is 0 Å². The first kappa shape index (κ1) is 14.0.